The van der Waals surface area contributed by atoms with E-state index in [0.717, 1.165) is 64.2 Å². The number of carboxylic acids is 1. The number of likely N-dealkylation sites (tertiary alicyclic amines) is 1. The normalized spacial score (nSPS) is 17.7. The van der Waals surface area contributed by atoms with E-state index in [0.29, 0.717) is 24.9 Å². The summed E-state index contributed by atoms with van der Waals surface area (Å²) < 4.78 is 17.4. The van der Waals surface area contributed by atoms with Crippen LogP contribution in [0.5, 0.6) is 0 Å². The molecule has 2 N–H and O–H groups in total. The highest BCUT2D eigenvalue weighted by Gasteiger charge is 2.49. The summed E-state index contributed by atoms with van der Waals surface area (Å²) in [4.78, 5) is 68.2. The molecule has 0 spiro atoms. The van der Waals surface area contributed by atoms with E-state index in [2.05, 4.69) is 19.2 Å². The third-order valence-corrected chi connectivity index (χ3v) is 14.5. The number of carbonyl (C=O) groups excluding carboxylic acids is 4. The second-order valence-electron chi connectivity index (χ2n) is 20.3. The van der Waals surface area contributed by atoms with Crippen LogP contribution >= 0.6 is 0 Å². The third kappa shape index (κ3) is 24.9. The largest absolute Gasteiger partial charge is 0.481 e. The zero-order valence-corrected chi connectivity index (χ0v) is 43.2. The van der Waals surface area contributed by atoms with Crippen LogP contribution in [-0.4, -0.2) is 83.8 Å². The van der Waals surface area contributed by atoms with E-state index in [9.17, 15) is 29.1 Å². The summed E-state index contributed by atoms with van der Waals surface area (Å²) in [5, 5.41) is 13.2. The Morgan fingerprint density at radius 2 is 1.07 bits per heavy atom. The van der Waals surface area contributed by atoms with Crippen LogP contribution in [0.2, 0.25) is 0 Å². The Bertz CT molecular complexity index is 1460. The molecule has 2 fully saturated rings. The lowest BCUT2D eigenvalue weighted by molar-refractivity contribution is -0.171. The lowest BCUT2D eigenvalue weighted by Gasteiger charge is -2.35. The van der Waals surface area contributed by atoms with E-state index in [4.69, 9.17) is 14.2 Å². The molecule has 2 aliphatic rings. The molecule has 68 heavy (non-hydrogen) atoms. The fraction of sp³-hybridized carbons (Fsp3) is 0.807. The minimum atomic E-state index is -1.00. The van der Waals surface area contributed by atoms with Gasteiger partial charge in [-0.2, -0.15) is 0 Å². The number of nitrogens with one attached hydrogen (secondary N) is 1. The molecule has 5 atom stereocenters. The van der Waals surface area contributed by atoms with Crippen LogP contribution in [0.4, 0.5) is 0 Å². The number of hydrogen-bond donors (Lipinski definition) is 2. The van der Waals surface area contributed by atoms with Crippen LogP contribution in [0.15, 0.2) is 30.3 Å². The zero-order valence-electron chi connectivity index (χ0n) is 43.2. The van der Waals surface area contributed by atoms with Crippen molar-refractivity contribution in [3.8, 4) is 0 Å². The van der Waals surface area contributed by atoms with Crippen molar-refractivity contribution in [2.45, 2.75) is 269 Å². The lowest BCUT2D eigenvalue weighted by atomic mass is 9.84. The number of rotatable bonds is 41. The zero-order chi connectivity index (χ0) is 49.0. The standard InChI is InChI=1S/C57H96N2O9/c1-4-6-8-10-12-14-16-18-20-22-24-26-31-39-53(60)66-44-49(45-67-54(61)40-32-27-25-23-21-19-17-15-13-11-9-7-5-2)68-57(65)52-43-48-37-33-34-38-51(48)59(52)55(62)46(3)58-42-41-50(56(63)64)47-35-29-28-30-36-47/h28-30,35-36,46,48-52,58H,4-27,31-34,37-45H2,1-3H3,(H,63,64)/t46-,48-,50?,51-,52-/m0/s1. The number of unbranched alkanes of at least 4 members (excludes halogenated alkanes) is 24. The number of carboxylic acid groups (broad SMARTS) is 1. The molecule has 1 saturated heterocycles. The Kier molecular flexibility index (Phi) is 32.3. The molecule has 1 aliphatic heterocycles. The summed E-state index contributed by atoms with van der Waals surface area (Å²) >= 11 is 0. The molecule has 0 radical (unpaired) electrons. The predicted octanol–water partition coefficient (Wildman–Crippen LogP) is 13.3. The molecule has 0 aromatic heterocycles. The van der Waals surface area contributed by atoms with E-state index in [-0.39, 0.29) is 55.9 Å². The van der Waals surface area contributed by atoms with Crippen LogP contribution < -0.4 is 5.32 Å². The maximum atomic E-state index is 14.2. The SMILES string of the molecule is CCCCCCCCCCCCCCCC(=O)OCC(COC(=O)CCCCCCCCCCCCCCC)OC(=O)[C@@H]1C[C@@H]2CCCC[C@@H]2N1C(=O)[C@H](C)NCCC(C(=O)O)c1ccccc1. The number of benzene rings is 1. The van der Waals surface area contributed by atoms with Crippen LogP contribution in [0.1, 0.15) is 251 Å². The van der Waals surface area contributed by atoms with Crippen LogP contribution in [0, 0.1) is 5.92 Å². The maximum Gasteiger partial charge on any atom is 0.329 e. The first kappa shape index (κ1) is 58.8. The summed E-state index contributed by atoms with van der Waals surface area (Å²) in [6.45, 7) is 6.10. The van der Waals surface area contributed by atoms with E-state index in [1.54, 1.807) is 24.0 Å². The summed E-state index contributed by atoms with van der Waals surface area (Å²) in [6.07, 6.45) is 35.5. The van der Waals surface area contributed by atoms with Gasteiger partial charge in [-0.15, -0.1) is 0 Å². The quantitative estimate of drug-likeness (QED) is 0.0369. The fourth-order valence-electron chi connectivity index (χ4n) is 10.3. The summed E-state index contributed by atoms with van der Waals surface area (Å²) in [7, 11) is 0. The van der Waals surface area contributed by atoms with Gasteiger partial charge in [0.1, 0.15) is 19.3 Å². The van der Waals surface area contributed by atoms with Crippen molar-refractivity contribution in [2.75, 3.05) is 19.8 Å². The topological polar surface area (TPSA) is 149 Å². The van der Waals surface area contributed by atoms with Crippen LogP contribution in [0.25, 0.3) is 0 Å². The number of esters is 3. The first-order chi connectivity index (χ1) is 33.2. The van der Waals surface area contributed by atoms with Crippen molar-refractivity contribution in [1.29, 1.82) is 0 Å². The summed E-state index contributed by atoms with van der Waals surface area (Å²) in [5.41, 5.74) is 0.707. The van der Waals surface area contributed by atoms with Crippen LogP contribution in [-0.2, 0) is 38.2 Å². The highest BCUT2D eigenvalue weighted by molar-refractivity contribution is 5.88. The lowest BCUT2D eigenvalue weighted by Crippen LogP contribution is -2.53. The molecule has 388 valence electrons. The van der Waals surface area contributed by atoms with Gasteiger partial charge in [-0.3, -0.25) is 19.2 Å². The van der Waals surface area contributed by atoms with Crippen molar-refractivity contribution >= 4 is 29.8 Å². The van der Waals surface area contributed by atoms with Gasteiger partial charge in [-0.25, -0.2) is 4.79 Å². The van der Waals surface area contributed by atoms with Gasteiger partial charge < -0.3 is 29.5 Å². The number of aliphatic carboxylic acids is 1. The van der Waals surface area contributed by atoms with Gasteiger partial charge in [0.2, 0.25) is 5.91 Å². The van der Waals surface area contributed by atoms with Gasteiger partial charge in [0, 0.05) is 18.9 Å². The summed E-state index contributed by atoms with van der Waals surface area (Å²) in [5.74, 6) is -3.02. The van der Waals surface area contributed by atoms with E-state index >= 15 is 0 Å². The number of nitrogens with zero attached hydrogens (tertiary/aromatic N) is 1. The molecular weight excluding hydrogens is 857 g/mol. The smallest absolute Gasteiger partial charge is 0.329 e. The molecule has 11 heteroatoms. The maximum absolute atomic E-state index is 14.2. The van der Waals surface area contributed by atoms with Gasteiger partial charge in [0.05, 0.1) is 12.0 Å². The van der Waals surface area contributed by atoms with Gasteiger partial charge in [-0.1, -0.05) is 211 Å². The number of hydrogen-bond acceptors (Lipinski definition) is 9. The van der Waals surface area contributed by atoms with Crippen molar-refractivity contribution in [3.05, 3.63) is 35.9 Å². The van der Waals surface area contributed by atoms with Crippen LogP contribution in [0.3, 0.4) is 0 Å². The van der Waals surface area contributed by atoms with Gasteiger partial charge in [-0.05, 0) is 63.5 Å². The molecule has 1 amide bonds. The Labute approximate surface area is 412 Å². The van der Waals surface area contributed by atoms with Crippen molar-refractivity contribution in [2.24, 2.45) is 5.92 Å². The number of ether oxygens (including phenoxy) is 3. The van der Waals surface area contributed by atoms with Gasteiger partial charge in [0.25, 0.3) is 0 Å². The van der Waals surface area contributed by atoms with Crippen molar-refractivity contribution < 1.29 is 43.3 Å². The molecule has 0 bridgehead atoms. The van der Waals surface area contributed by atoms with E-state index in [1.165, 1.54) is 128 Å². The predicted molar refractivity (Wildman–Crippen MR) is 272 cm³/mol. The van der Waals surface area contributed by atoms with Crippen molar-refractivity contribution in [3.63, 3.8) is 0 Å². The molecule has 1 unspecified atom stereocenters. The molecule has 1 aliphatic carbocycles. The Hall–Kier alpha value is -3.47. The number of fused-ring (bicyclic) bond motifs is 1. The fourth-order valence-corrected chi connectivity index (χ4v) is 10.3. The molecule has 1 heterocycles. The van der Waals surface area contributed by atoms with Gasteiger partial charge in [0.15, 0.2) is 6.10 Å². The minimum absolute atomic E-state index is 0.108. The highest BCUT2D eigenvalue weighted by Crippen LogP contribution is 2.40. The van der Waals surface area contributed by atoms with E-state index < -0.39 is 36.0 Å². The Balaban J connectivity index is 1.51. The Morgan fingerprint density at radius 3 is 1.53 bits per heavy atom. The molecular formula is C57H96N2O9. The molecule has 1 aromatic carbocycles. The Morgan fingerprint density at radius 1 is 0.632 bits per heavy atom. The average molecular weight is 953 g/mol. The number of carbonyl (C=O) groups is 5. The summed E-state index contributed by atoms with van der Waals surface area (Å²) in [6, 6.07) is 7.48. The number of amides is 1. The third-order valence-electron chi connectivity index (χ3n) is 14.5. The monoisotopic (exact) mass is 953 g/mol. The molecule has 11 nitrogen and oxygen atoms in total. The van der Waals surface area contributed by atoms with E-state index in [1.807, 2.05) is 18.2 Å². The second-order valence-corrected chi connectivity index (χ2v) is 20.3. The molecule has 1 saturated carbocycles. The highest BCUT2D eigenvalue weighted by atomic mass is 16.6. The average Bonchev–Trinajstić information content (AvgIpc) is 3.74. The van der Waals surface area contributed by atoms with Crippen molar-refractivity contribution in [1.82, 2.24) is 10.2 Å². The minimum Gasteiger partial charge on any atom is -0.481 e. The van der Waals surface area contributed by atoms with Gasteiger partial charge >= 0.3 is 23.9 Å². The molecule has 3 rings (SSSR count). The first-order valence-corrected chi connectivity index (χ1v) is 28.0. The molecule has 1 aromatic rings. The second kappa shape index (κ2) is 37.4. The first-order valence-electron chi connectivity index (χ1n) is 28.0.